The van der Waals surface area contributed by atoms with E-state index in [1.54, 1.807) is 30.3 Å². The van der Waals surface area contributed by atoms with Crippen molar-refractivity contribution in [2.24, 2.45) is 0 Å². The monoisotopic (exact) mass is 493 g/mol. The quantitative estimate of drug-likeness (QED) is 0.563. The number of esters is 1. The van der Waals surface area contributed by atoms with Gasteiger partial charge in [0.2, 0.25) is 10.0 Å². The maximum absolute atomic E-state index is 13.1. The van der Waals surface area contributed by atoms with Crippen LogP contribution in [0.3, 0.4) is 0 Å². The molecule has 2 aromatic carbocycles. The van der Waals surface area contributed by atoms with Crippen LogP contribution in [0.5, 0.6) is 0 Å². The number of hydrogen-bond acceptors (Lipinski definition) is 6. The second kappa shape index (κ2) is 8.55. The van der Waals surface area contributed by atoms with E-state index in [-0.39, 0.29) is 18.4 Å². The van der Waals surface area contributed by atoms with Gasteiger partial charge in [0.15, 0.2) is 0 Å². The average Bonchev–Trinajstić information content (AvgIpc) is 3.26. The second-order valence-corrected chi connectivity index (χ2v) is 11.5. The van der Waals surface area contributed by atoms with Crippen LogP contribution in [0.1, 0.15) is 40.2 Å². The Morgan fingerprint density at radius 1 is 1.19 bits per heavy atom. The number of carbonyl (C=O) groups excluding carboxylic acids is 1. The van der Waals surface area contributed by atoms with Crippen molar-refractivity contribution in [2.75, 3.05) is 7.11 Å². The molecule has 1 fully saturated rings. The molecule has 0 bridgehead atoms. The van der Waals surface area contributed by atoms with Crippen molar-refractivity contribution >= 4 is 50.2 Å². The first-order valence-corrected chi connectivity index (χ1v) is 12.5. The first-order chi connectivity index (χ1) is 15.2. The minimum Gasteiger partial charge on any atom is -0.480 e. The minimum absolute atomic E-state index is 0.0461. The molecule has 32 heavy (non-hydrogen) atoms. The Balaban J connectivity index is 1.54. The zero-order valence-electron chi connectivity index (χ0n) is 16.9. The number of aliphatic carboxylic acids is 1. The first kappa shape index (κ1) is 22.8. The number of ether oxygens (including phenoxy) is 1. The molecule has 1 aliphatic heterocycles. The summed E-state index contributed by atoms with van der Waals surface area (Å²) in [6.45, 7) is 0. The van der Waals surface area contributed by atoms with Crippen molar-refractivity contribution < 1.29 is 27.9 Å². The molecule has 0 spiro atoms. The lowest BCUT2D eigenvalue weighted by Gasteiger charge is -2.19. The molecule has 2 aromatic rings. The molecule has 3 unspecified atom stereocenters. The van der Waals surface area contributed by atoms with Crippen LogP contribution in [0.25, 0.3) is 4.91 Å². The molecule has 1 saturated carbocycles. The number of carboxylic acids is 1. The molecule has 0 radical (unpaired) electrons. The number of thioether (sulfide) groups is 1. The molecule has 1 aliphatic carbocycles. The predicted octanol–water partition coefficient (Wildman–Crippen LogP) is 3.86. The Hall–Kier alpha value is -2.33. The normalized spacial score (nSPS) is 24.6. The molecule has 1 heterocycles. The molecule has 4 rings (SSSR count). The third-order valence-electron chi connectivity index (χ3n) is 5.64. The Morgan fingerprint density at radius 3 is 2.53 bits per heavy atom. The van der Waals surface area contributed by atoms with Gasteiger partial charge in [-0.1, -0.05) is 48.0 Å². The van der Waals surface area contributed by atoms with Crippen LogP contribution in [0.15, 0.2) is 54.6 Å². The number of benzene rings is 2. The van der Waals surface area contributed by atoms with Crippen LogP contribution in [0, 0.1) is 0 Å². The highest BCUT2D eigenvalue weighted by molar-refractivity contribution is 8.18. The summed E-state index contributed by atoms with van der Waals surface area (Å²) >= 11 is 7.08. The van der Waals surface area contributed by atoms with Gasteiger partial charge in [-0.05, 0) is 42.2 Å². The summed E-state index contributed by atoms with van der Waals surface area (Å²) in [5.74, 6) is -2.56. The third kappa shape index (κ3) is 4.17. The molecule has 2 aliphatic rings. The van der Waals surface area contributed by atoms with Crippen molar-refractivity contribution in [3.8, 4) is 0 Å². The SMILES string of the molecule is COC(=O)c1ccccc1C1CC1(NS(=O)(=O)C1CC=C(c2ccc(Cl)cc2)S1)C(=O)O. The fraction of sp³-hybridized carbons (Fsp3) is 0.273. The van der Waals surface area contributed by atoms with E-state index in [1.165, 1.54) is 24.9 Å². The first-order valence-electron chi connectivity index (χ1n) is 9.74. The minimum atomic E-state index is -3.99. The number of hydrogen-bond donors (Lipinski definition) is 2. The molecular formula is C22H20ClNO6S2. The standard InChI is InChI=1S/C22H20ClNO6S2/c1-30-20(25)16-5-3-2-4-15(16)17-12-22(17,21(26)27)24-32(28,29)19-11-10-18(31-19)13-6-8-14(23)9-7-13/h2-10,17,19,24H,11-12H2,1H3,(H,26,27). The number of methoxy groups -OCH3 is 1. The molecule has 7 nitrogen and oxygen atoms in total. The maximum atomic E-state index is 13.1. The molecule has 168 valence electrons. The zero-order chi connectivity index (χ0) is 23.1. The largest absolute Gasteiger partial charge is 0.480 e. The van der Waals surface area contributed by atoms with Crippen LogP contribution < -0.4 is 4.72 Å². The Kier molecular flexibility index (Phi) is 6.10. The summed E-state index contributed by atoms with van der Waals surface area (Å²) in [7, 11) is -2.75. The second-order valence-electron chi connectivity index (χ2n) is 7.62. The van der Waals surface area contributed by atoms with Gasteiger partial charge in [-0.15, -0.1) is 11.8 Å². The maximum Gasteiger partial charge on any atom is 0.338 e. The van der Waals surface area contributed by atoms with Crippen LogP contribution in [-0.4, -0.2) is 42.7 Å². The number of rotatable bonds is 7. The van der Waals surface area contributed by atoms with Crippen LogP contribution in [-0.2, 0) is 19.6 Å². The molecule has 0 amide bonds. The van der Waals surface area contributed by atoms with E-state index in [2.05, 4.69) is 4.72 Å². The number of allylic oxidation sites excluding steroid dienone is 1. The number of nitrogens with one attached hydrogen (secondary N) is 1. The van der Waals surface area contributed by atoms with E-state index in [0.29, 0.717) is 10.6 Å². The van der Waals surface area contributed by atoms with E-state index in [4.69, 9.17) is 16.3 Å². The van der Waals surface area contributed by atoms with Crippen molar-refractivity contribution in [3.05, 3.63) is 76.3 Å². The number of sulfonamides is 1. The molecule has 2 N–H and O–H groups in total. The summed E-state index contributed by atoms with van der Waals surface area (Å²) in [6.07, 6.45) is 2.11. The van der Waals surface area contributed by atoms with Gasteiger partial charge in [0.05, 0.1) is 12.7 Å². The molecule has 3 atom stereocenters. The number of carbonyl (C=O) groups is 2. The van der Waals surface area contributed by atoms with Gasteiger partial charge >= 0.3 is 11.9 Å². The van der Waals surface area contributed by atoms with Gasteiger partial charge in [0.1, 0.15) is 10.1 Å². The van der Waals surface area contributed by atoms with Gasteiger partial charge in [0, 0.05) is 15.8 Å². The fourth-order valence-corrected chi connectivity index (χ4v) is 7.21. The number of carboxylic acid groups (broad SMARTS) is 1. The number of halogens is 1. The smallest absolute Gasteiger partial charge is 0.338 e. The van der Waals surface area contributed by atoms with Crippen LogP contribution in [0.4, 0.5) is 0 Å². The summed E-state index contributed by atoms with van der Waals surface area (Å²) in [5.41, 5.74) is -0.180. The fourth-order valence-electron chi connectivity index (χ4n) is 3.88. The summed E-state index contributed by atoms with van der Waals surface area (Å²) < 4.78 is 32.6. The van der Waals surface area contributed by atoms with E-state index in [1.807, 2.05) is 18.2 Å². The van der Waals surface area contributed by atoms with Crippen molar-refractivity contribution in [1.29, 1.82) is 0 Å². The molecule has 0 saturated heterocycles. The van der Waals surface area contributed by atoms with E-state index in [0.717, 1.165) is 10.5 Å². The highest BCUT2D eigenvalue weighted by Crippen LogP contribution is 2.54. The molecule has 0 aromatic heterocycles. The highest BCUT2D eigenvalue weighted by atomic mass is 35.5. The lowest BCUT2D eigenvalue weighted by Crippen LogP contribution is -2.47. The third-order valence-corrected chi connectivity index (χ3v) is 9.58. The van der Waals surface area contributed by atoms with Gasteiger partial charge in [-0.3, -0.25) is 4.79 Å². The lowest BCUT2D eigenvalue weighted by molar-refractivity contribution is -0.140. The van der Waals surface area contributed by atoms with E-state index >= 15 is 0 Å². The highest BCUT2D eigenvalue weighted by Gasteiger charge is 2.64. The molecular weight excluding hydrogens is 474 g/mol. The van der Waals surface area contributed by atoms with E-state index in [9.17, 15) is 23.1 Å². The Labute approximate surface area is 194 Å². The Bertz CT molecular complexity index is 1210. The average molecular weight is 494 g/mol. The summed E-state index contributed by atoms with van der Waals surface area (Å²) in [4.78, 5) is 25.1. The van der Waals surface area contributed by atoms with Gasteiger partial charge in [0.25, 0.3) is 0 Å². The molecule has 10 heteroatoms. The van der Waals surface area contributed by atoms with Gasteiger partial charge in [-0.25, -0.2) is 13.2 Å². The zero-order valence-corrected chi connectivity index (χ0v) is 19.3. The van der Waals surface area contributed by atoms with Crippen molar-refractivity contribution in [2.45, 2.75) is 28.9 Å². The lowest BCUT2D eigenvalue weighted by atomic mass is 10.0. The van der Waals surface area contributed by atoms with Crippen molar-refractivity contribution in [3.63, 3.8) is 0 Å². The summed E-state index contributed by atoms with van der Waals surface area (Å²) in [5, 5.41) is 10.5. The van der Waals surface area contributed by atoms with Crippen LogP contribution >= 0.6 is 23.4 Å². The van der Waals surface area contributed by atoms with E-state index < -0.39 is 38.0 Å². The summed E-state index contributed by atoms with van der Waals surface area (Å²) in [6, 6.07) is 13.6. The van der Waals surface area contributed by atoms with Crippen LogP contribution in [0.2, 0.25) is 5.02 Å². The Morgan fingerprint density at radius 2 is 1.88 bits per heavy atom. The van der Waals surface area contributed by atoms with Gasteiger partial charge < -0.3 is 9.84 Å². The van der Waals surface area contributed by atoms with Gasteiger partial charge in [-0.2, -0.15) is 4.72 Å². The topological polar surface area (TPSA) is 110 Å². The van der Waals surface area contributed by atoms with Crippen molar-refractivity contribution in [1.82, 2.24) is 4.72 Å². The predicted molar refractivity (Wildman–Crippen MR) is 123 cm³/mol.